The number of carbonyl (C=O) groups is 1. The van der Waals surface area contributed by atoms with E-state index in [9.17, 15) is 13.6 Å². The SMILES string of the molecule is CC(C)(C)OC(=O)N1CCC2(CC1)OCC(F)(F)C1C=C(Br)SC12. The van der Waals surface area contributed by atoms with Gasteiger partial charge in [-0.05, 0) is 49.5 Å². The lowest BCUT2D eigenvalue weighted by atomic mass is 9.77. The number of ether oxygens (including phenoxy) is 2. The summed E-state index contributed by atoms with van der Waals surface area (Å²) in [6, 6.07) is 0. The van der Waals surface area contributed by atoms with Gasteiger partial charge in [0.1, 0.15) is 12.2 Å². The molecule has 24 heavy (non-hydrogen) atoms. The van der Waals surface area contributed by atoms with Crippen molar-refractivity contribution in [3.05, 3.63) is 9.89 Å². The van der Waals surface area contributed by atoms with Crippen molar-refractivity contribution >= 4 is 33.8 Å². The minimum absolute atomic E-state index is 0.323. The van der Waals surface area contributed by atoms with Crippen molar-refractivity contribution in [2.24, 2.45) is 5.92 Å². The second kappa shape index (κ2) is 6.13. The highest BCUT2D eigenvalue weighted by atomic mass is 79.9. The Balaban J connectivity index is 1.69. The molecule has 0 aromatic carbocycles. The highest BCUT2D eigenvalue weighted by molar-refractivity contribution is 9.14. The number of amides is 1. The van der Waals surface area contributed by atoms with Crippen LogP contribution in [0.5, 0.6) is 0 Å². The van der Waals surface area contributed by atoms with Gasteiger partial charge in [0.25, 0.3) is 5.92 Å². The summed E-state index contributed by atoms with van der Waals surface area (Å²) in [5.74, 6) is -3.67. The van der Waals surface area contributed by atoms with Gasteiger partial charge in [-0.25, -0.2) is 13.6 Å². The molecule has 2 unspecified atom stereocenters. The fourth-order valence-corrected chi connectivity index (χ4v) is 5.78. The number of thioether (sulfide) groups is 1. The number of likely N-dealkylation sites (tertiary alicyclic amines) is 1. The molecule has 136 valence electrons. The first kappa shape index (κ1) is 18.5. The Labute approximate surface area is 153 Å². The zero-order chi connectivity index (χ0) is 17.8. The molecule has 3 aliphatic rings. The van der Waals surface area contributed by atoms with Gasteiger partial charge in [-0.15, -0.1) is 11.8 Å². The van der Waals surface area contributed by atoms with E-state index in [1.807, 2.05) is 20.8 Å². The number of fused-ring (bicyclic) bond motifs is 2. The summed E-state index contributed by atoms with van der Waals surface area (Å²) >= 11 is 4.76. The van der Waals surface area contributed by atoms with Crippen LogP contribution >= 0.6 is 27.7 Å². The normalized spacial score (nSPS) is 31.6. The van der Waals surface area contributed by atoms with E-state index in [4.69, 9.17) is 9.47 Å². The van der Waals surface area contributed by atoms with Gasteiger partial charge in [-0.3, -0.25) is 0 Å². The van der Waals surface area contributed by atoms with Crippen molar-refractivity contribution in [2.75, 3.05) is 19.7 Å². The molecule has 4 nitrogen and oxygen atoms in total. The Bertz CT molecular complexity index is 556. The van der Waals surface area contributed by atoms with Crippen molar-refractivity contribution in [3.63, 3.8) is 0 Å². The Morgan fingerprint density at radius 1 is 1.42 bits per heavy atom. The van der Waals surface area contributed by atoms with Gasteiger partial charge in [-0.2, -0.15) is 0 Å². The van der Waals surface area contributed by atoms with Crippen LogP contribution in [0.2, 0.25) is 0 Å². The first-order valence-electron chi connectivity index (χ1n) is 8.06. The Morgan fingerprint density at radius 3 is 2.62 bits per heavy atom. The number of alkyl halides is 2. The van der Waals surface area contributed by atoms with E-state index in [0.717, 1.165) is 3.81 Å². The number of rotatable bonds is 0. The third kappa shape index (κ3) is 3.46. The number of piperidine rings is 1. The minimum atomic E-state index is -2.85. The molecule has 1 spiro atoms. The van der Waals surface area contributed by atoms with Gasteiger partial charge in [0, 0.05) is 16.9 Å². The molecule has 3 rings (SSSR count). The van der Waals surface area contributed by atoms with Crippen molar-refractivity contribution in [2.45, 2.75) is 56.0 Å². The molecule has 2 atom stereocenters. The van der Waals surface area contributed by atoms with Gasteiger partial charge < -0.3 is 14.4 Å². The monoisotopic (exact) mass is 425 g/mol. The predicted octanol–water partition coefficient (Wildman–Crippen LogP) is 4.39. The van der Waals surface area contributed by atoms with E-state index < -0.39 is 29.6 Å². The molecule has 2 fully saturated rings. The Morgan fingerprint density at radius 2 is 2.04 bits per heavy atom. The maximum absolute atomic E-state index is 14.2. The number of allylic oxidation sites excluding steroid dienone is 1. The molecule has 0 saturated carbocycles. The van der Waals surface area contributed by atoms with E-state index in [0.29, 0.717) is 25.9 Å². The summed E-state index contributed by atoms with van der Waals surface area (Å²) < 4.78 is 40.2. The third-order valence-corrected chi connectivity index (χ3v) is 6.86. The minimum Gasteiger partial charge on any atom is -0.444 e. The lowest BCUT2D eigenvalue weighted by molar-refractivity contribution is -0.214. The van der Waals surface area contributed by atoms with Crippen molar-refractivity contribution in [1.29, 1.82) is 0 Å². The summed E-state index contributed by atoms with van der Waals surface area (Å²) in [7, 11) is 0. The smallest absolute Gasteiger partial charge is 0.410 e. The zero-order valence-electron chi connectivity index (χ0n) is 14.0. The standard InChI is InChI=1S/C16H22BrF2NO3S/c1-14(2,3)23-13(21)20-6-4-15(5-7-20)12-10(8-11(17)24-12)16(18,19)9-22-15/h8,10,12H,4-7,9H2,1-3H3. The average Bonchev–Trinajstić information content (AvgIpc) is 2.87. The van der Waals surface area contributed by atoms with Gasteiger partial charge in [0.05, 0.1) is 16.8 Å². The summed E-state index contributed by atoms with van der Waals surface area (Å²) in [5.41, 5.74) is -1.15. The summed E-state index contributed by atoms with van der Waals surface area (Å²) in [6.45, 7) is 5.84. The highest BCUT2D eigenvalue weighted by Gasteiger charge is 2.60. The molecule has 0 bridgehead atoms. The topological polar surface area (TPSA) is 38.8 Å². The molecule has 0 aromatic rings. The zero-order valence-corrected chi connectivity index (χ0v) is 16.4. The first-order valence-corrected chi connectivity index (χ1v) is 9.73. The Hall–Kier alpha value is -0.340. The van der Waals surface area contributed by atoms with E-state index in [1.165, 1.54) is 11.8 Å². The molecule has 0 N–H and O–H groups in total. The van der Waals surface area contributed by atoms with Crippen LogP contribution in [-0.4, -0.2) is 53.1 Å². The molecular weight excluding hydrogens is 404 g/mol. The maximum Gasteiger partial charge on any atom is 0.410 e. The van der Waals surface area contributed by atoms with E-state index in [-0.39, 0.29) is 11.3 Å². The lowest BCUT2D eigenvalue weighted by Crippen LogP contribution is -2.61. The molecular formula is C16H22BrF2NO3S. The number of nitrogens with zero attached hydrogens (tertiary/aromatic N) is 1. The maximum atomic E-state index is 14.2. The van der Waals surface area contributed by atoms with Gasteiger partial charge in [0.2, 0.25) is 0 Å². The number of carbonyl (C=O) groups excluding carboxylic acids is 1. The van der Waals surface area contributed by atoms with Crippen LogP contribution < -0.4 is 0 Å². The second-order valence-electron chi connectivity index (χ2n) is 7.62. The van der Waals surface area contributed by atoms with Crippen LogP contribution in [0.1, 0.15) is 33.6 Å². The number of hydrogen-bond acceptors (Lipinski definition) is 4. The third-order valence-electron chi connectivity index (χ3n) is 4.70. The molecule has 0 radical (unpaired) electrons. The quantitative estimate of drug-likeness (QED) is 0.576. The number of halogens is 3. The van der Waals surface area contributed by atoms with Gasteiger partial charge >= 0.3 is 6.09 Å². The van der Waals surface area contributed by atoms with Gasteiger partial charge in [-0.1, -0.05) is 6.08 Å². The molecule has 1 amide bonds. The van der Waals surface area contributed by atoms with Crippen LogP contribution in [0.25, 0.3) is 0 Å². The molecule has 0 aliphatic carbocycles. The number of hydrogen-bond donors (Lipinski definition) is 0. The molecule has 8 heteroatoms. The summed E-state index contributed by atoms with van der Waals surface area (Å²) in [5, 5.41) is -0.323. The van der Waals surface area contributed by atoms with Gasteiger partial charge in [0.15, 0.2) is 0 Å². The second-order valence-corrected chi connectivity index (χ2v) is 10.2. The fraction of sp³-hybridized carbons (Fsp3) is 0.812. The van der Waals surface area contributed by atoms with Crippen LogP contribution in [0.3, 0.4) is 0 Å². The average molecular weight is 426 g/mol. The first-order chi connectivity index (χ1) is 11.0. The van der Waals surface area contributed by atoms with Crippen molar-refractivity contribution < 1.29 is 23.0 Å². The molecule has 0 aromatic heterocycles. The largest absolute Gasteiger partial charge is 0.444 e. The predicted molar refractivity (Wildman–Crippen MR) is 92.6 cm³/mol. The van der Waals surface area contributed by atoms with Crippen molar-refractivity contribution in [3.8, 4) is 0 Å². The fourth-order valence-electron chi connectivity index (χ4n) is 3.48. The lowest BCUT2D eigenvalue weighted by Gasteiger charge is -2.51. The van der Waals surface area contributed by atoms with Crippen molar-refractivity contribution in [1.82, 2.24) is 4.90 Å². The summed E-state index contributed by atoms with van der Waals surface area (Å²) in [4.78, 5) is 13.8. The molecule has 3 aliphatic heterocycles. The summed E-state index contributed by atoms with van der Waals surface area (Å²) in [6.07, 6.45) is 2.35. The molecule has 3 heterocycles. The van der Waals surface area contributed by atoms with Crippen LogP contribution in [0.4, 0.5) is 13.6 Å². The van der Waals surface area contributed by atoms with E-state index >= 15 is 0 Å². The van der Waals surface area contributed by atoms with E-state index in [2.05, 4.69) is 15.9 Å². The van der Waals surface area contributed by atoms with Crippen LogP contribution in [0.15, 0.2) is 9.89 Å². The van der Waals surface area contributed by atoms with E-state index in [1.54, 1.807) is 11.0 Å². The molecule has 2 saturated heterocycles. The van der Waals surface area contributed by atoms with Crippen LogP contribution in [-0.2, 0) is 9.47 Å². The highest BCUT2D eigenvalue weighted by Crippen LogP contribution is 2.56. The Kier molecular flexibility index (Phi) is 4.71. The van der Waals surface area contributed by atoms with Crippen LogP contribution in [0, 0.1) is 5.92 Å².